The Bertz CT molecular complexity index is 158. The molecule has 0 bridgehead atoms. The van der Waals surface area contributed by atoms with Crippen LogP contribution in [0, 0.1) is 5.92 Å². The molecule has 4 N–H and O–H groups in total. The van der Waals surface area contributed by atoms with Crippen molar-refractivity contribution in [1.82, 2.24) is 0 Å². The first-order valence-electron chi connectivity index (χ1n) is 3.94. The van der Waals surface area contributed by atoms with Gasteiger partial charge < -0.3 is 16.3 Å². The summed E-state index contributed by atoms with van der Waals surface area (Å²) in [5, 5.41) is 3.48. The van der Waals surface area contributed by atoms with Crippen molar-refractivity contribution in [2.24, 2.45) is 22.6 Å². The summed E-state index contributed by atoms with van der Waals surface area (Å²) in [6.45, 7) is 2.85. The van der Waals surface area contributed by atoms with Crippen molar-refractivity contribution in [3.8, 4) is 0 Å². The summed E-state index contributed by atoms with van der Waals surface area (Å²) in [5.74, 6) is 5.84. The van der Waals surface area contributed by atoms with Crippen LogP contribution >= 0.6 is 0 Å². The largest absolute Gasteiger partial charge is 0.385 e. The first-order valence-corrected chi connectivity index (χ1v) is 3.94. The van der Waals surface area contributed by atoms with Crippen molar-refractivity contribution in [2.45, 2.75) is 25.9 Å². The fraction of sp³-hybridized carbons (Fsp3) is 0.857. The zero-order valence-corrected chi connectivity index (χ0v) is 6.79. The van der Waals surface area contributed by atoms with Gasteiger partial charge in [-0.2, -0.15) is 5.10 Å². The Morgan fingerprint density at radius 2 is 2.45 bits per heavy atom. The zero-order chi connectivity index (χ0) is 8.27. The molecule has 0 amide bonds. The lowest BCUT2D eigenvalue weighted by Gasteiger charge is -2.14. The van der Waals surface area contributed by atoms with E-state index < -0.39 is 0 Å². The van der Waals surface area contributed by atoms with Gasteiger partial charge in [0, 0.05) is 12.5 Å². The van der Waals surface area contributed by atoms with Crippen LogP contribution in [0.4, 0.5) is 0 Å². The van der Waals surface area contributed by atoms with Gasteiger partial charge in [0.15, 0.2) is 0 Å². The predicted molar refractivity (Wildman–Crippen MR) is 43.9 cm³/mol. The van der Waals surface area contributed by atoms with E-state index in [9.17, 15) is 0 Å². The highest BCUT2D eigenvalue weighted by atomic mass is 16.5. The van der Waals surface area contributed by atoms with Crippen molar-refractivity contribution in [1.29, 1.82) is 0 Å². The topological polar surface area (TPSA) is 73.6 Å². The number of hydrogen-bond acceptors (Lipinski definition) is 3. The molecule has 64 valence electrons. The van der Waals surface area contributed by atoms with Crippen molar-refractivity contribution in [2.75, 3.05) is 6.61 Å². The number of nitrogens with two attached hydrogens (primary N) is 2. The molecule has 0 radical (unpaired) electrons. The number of amidine groups is 1. The molecular formula is C7H15N3O. The Labute approximate surface area is 66.6 Å². The lowest BCUT2D eigenvalue weighted by Crippen LogP contribution is -2.31. The molecule has 0 aromatic carbocycles. The summed E-state index contributed by atoms with van der Waals surface area (Å²) in [6, 6.07) is 0. The van der Waals surface area contributed by atoms with E-state index in [1.54, 1.807) is 0 Å². The number of rotatable bonds is 2. The van der Waals surface area contributed by atoms with Crippen LogP contribution in [0.3, 0.4) is 0 Å². The lowest BCUT2D eigenvalue weighted by atomic mass is 9.99. The highest BCUT2D eigenvalue weighted by molar-refractivity contribution is 5.83. The molecule has 2 unspecified atom stereocenters. The van der Waals surface area contributed by atoms with E-state index in [2.05, 4.69) is 12.0 Å². The number of ether oxygens (including phenoxy) is 1. The van der Waals surface area contributed by atoms with E-state index in [1.807, 2.05) is 0 Å². The fourth-order valence-electron chi connectivity index (χ4n) is 1.48. The Morgan fingerprint density at radius 1 is 1.73 bits per heavy atom. The molecule has 0 aliphatic carbocycles. The highest BCUT2D eigenvalue weighted by Crippen LogP contribution is 2.22. The molecule has 0 saturated carbocycles. The van der Waals surface area contributed by atoms with Gasteiger partial charge >= 0.3 is 0 Å². The summed E-state index contributed by atoms with van der Waals surface area (Å²) < 4.78 is 5.42. The van der Waals surface area contributed by atoms with E-state index in [0.717, 1.165) is 19.4 Å². The van der Waals surface area contributed by atoms with Crippen molar-refractivity contribution >= 4 is 5.84 Å². The Hall–Kier alpha value is -0.770. The van der Waals surface area contributed by atoms with Gasteiger partial charge in [-0.1, -0.05) is 6.92 Å². The first-order chi connectivity index (χ1) is 5.29. The third kappa shape index (κ3) is 1.63. The second-order valence-corrected chi connectivity index (χ2v) is 2.77. The van der Waals surface area contributed by atoms with E-state index in [-0.39, 0.29) is 12.0 Å². The van der Waals surface area contributed by atoms with Crippen molar-refractivity contribution in [3.63, 3.8) is 0 Å². The standard InChI is InChI=1S/C7H15N3O/c1-2-6-5(3-4-11-6)7(8)10-9/h5-6H,2-4,9H2,1H3,(H2,8,10). The van der Waals surface area contributed by atoms with Crippen LogP contribution in [0.1, 0.15) is 19.8 Å². The molecule has 1 aliphatic heterocycles. The van der Waals surface area contributed by atoms with Crippen LogP contribution in [-0.2, 0) is 4.74 Å². The average molecular weight is 157 g/mol. The van der Waals surface area contributed by atoms with Crippen LogP contribution in [0.25, 0.3) is 0 Å². The summed E-state index contributed by atoms with van der Waals surface area (Å²) >= 11 is 0. The molecule has 1 aliphatic rings. The van der Waals surface area contributed by atoms with E-state index >= 15 is 0 Å². The summed E-state index contributed by atoms with van der Waals surface area (Å²) in [7, 11) is 0. The van der Waals surface area contributed by atoms with E-state index in [0.29, 0.717) is 5.84 Å². The van der Waals surface area contributed by atoms with Crippen LogP contribution in [0.15, 0.2) is 5.10 Å². The van der Waals surface area contributed by atoms with Crippen LogP contribution in [0.2, 0.25) is 0 Å². The molecule has 1 saturated heterocycles. The number of hydrazone groups is 1. The molecule has 1 rings (SSSR count). The first kappa shape index (κ1) is 8.33. The molecule has 2 atom stereocenters. The van der Waals surface area contributed by atoms with Gasteiger partial charge in [0.2, 0.25) is 0 Å². The Morgan fingerprint density at radius 3 is 3.00 bits per heavy atom. The van der Waals surface area contributed by atoms with Crippen LogP contribution in [-0.4, -0.2) is 18.5 Å². The van der Waals surface area contributed by atoms with Crippen LogP contribution in [0.5, 0.6) is 0 Å². The van der Waals surface area contributed by atoms with Crippen molar-refractivity contribution < 1.29 is 4.74 Å². The SMILES string of the molecule is CCC1OCCC1C(N)=NN. The number of hydrogen-bond donors (Lipinski definition) is 2. The minimum Gasteiger partial charge on any atom is -0.385 e. The molecule has 1 heterocycles. The maximum Gasteiger partial charge on any atom is 0.125 e. The molecular weight excluding hydrogens is 142 g/mol. The molecule has 0 spiro atoms. The summed E-state index contributed by atoms with van der Waals surface area (Å²) in [5.41, 5.74) is 5.59. The third-order valence-electron chi connectivity index (χ3n) is 2.14. The smallest absolute Gasteiger partial charge is 0.125 e. The van der Waals surface area contributed by atoms with Crippen LogP contribution < -0.4 is 11.6 Å². The van der Waals surface area contributed by atoms with E-state index in [1.165, 1.54) is 0 Å². The second kappa shape index (κ2) is 3.57. The zero-order valence-electron chi connectivity index (χ0n) is 6.79. The maximum absolute atomic E-state index is 5.59. The Balaban J connectivity index is 2.56. The molecule has 4 heteroatoms. The highest BCUT2D eigenvalue weighted by Gasteiger charge is 2.29. The summed E-state index contributed by atoms with van der Waals surface area (Å²) in [4.78, 5) is 0. The minimum absolute atomic E-state index is 0.224. The van der Waals surface area contributed by atoms with Crippen molar-refractivity contribution in [3.05, 3.63) is 0 Å². The molecule has 0 aromatic heterocycles. The monoisotopic (exact) mass is 157 g/mol. The molecule has 4 nitrogen and oxygen atoms in total. The minimum atomic E-state index is 0.224. The van der Waals surface area contributed by atoms with Gasteiger partial charge in [0.25, 0.3) is 0 Å². The maximum atomic E-state index is 5.59. The average Bonchev–Trinajstić information content (AvgIpc) is 2.50. The fourth-order valence-corrected chi connectivity index (χ4v) is 1.48. The van der Waals surface area contributed by atoms with Gasteiger partial charge in [-0.3, -0.25) is 0 Å². The van der Waals surface area contributed by atoms with Gasteiger partial charge in [-0.05, 0) is 12.8 Å². The predicted octanol–water partition coefficient (Wildman–Crippen LogP) is 0.0324. The third-order valence-corrected chi connectivity index (χ3v) is 2.14. The molecule has 11 heavy (non-hydrogen) atoms. The summed E-state index contributed by atoms with van der Waals surface area (Å²) in [6.07, 6.45) is 2.15. The normalized spacial score (nSPS) is 32.6. The van der Waals surface area contributed by atoms with Gasteiger partial charge in [0.05, 0.1) is 6.10 Å². The molecule has 1 fully saturated rings. The Kier molecular flexibility index (Phi) is 2.70. The number of nitrogens with zero attached hydrogens (tertiary/aromatic N) is 1. The van der Waals surface area contributed by atoms with E-state index in [4.69, 9.17) is 16.3 Å². The molecule has 0 aromatic rings. The lowest BCUT2D eigenvalue weighted by molar-refractivity contribution is 0.0987. The van der Waals surface area contributed by atoms with Gasteiger partial charge in [-0.25, -0.2) is 0 Å². The van der Waals surface area contributed by atoms with Gasteiger partial charge in [-0.15, -0.1) is 0 Å². The quantitative estimate of drug-likeness (QED) is 0.257. The second-order valence-electron chi connectivity index (χ2n) is 2.77. The van der Waals surface area contributed by atoms with Gasteiger partial charge in [0.1, 0.15) is 5.84 Å².